The van der Waals surface area contributed by atoms with Crippen LogP contribution in [0.4, 0.5) is 0 Å². The smallest absolute Gasteiger partial charge is 0.266 e. The molecule has 0 unspecified atom stereocenters. The minimum Gasteiger partial charge on any atom is -0.342 e. The Kier molecular flexibility index (Phi) is 5.46. The van der Waals surface area contributed by atoms with Crippen LogP contribution in [-0.4, -0.2) is 38.7 Å². The molecule has 6 heteroatoms. The summed E-state index contributed by atoms with van der Waals surface area (Å²) in [7, 11) is 0. The van der Waals surface area contributed by atoms with Gasteiger partial charge in [0.05, 0.1) is 21.8 Å². The number of carbonyl (C=O) groups is 1. The van der Waals surface area contributed by atoms with E-state index in [1.54, 1.807) is 10.6 Å². The van der Waals surface area contributed by atoms with Crippen LogP contribution < -0.4 is 5.56 Å². The molecule has 3 aromatic rings. The fourth-order valence-corrected chi connectivity index (χ4v) is 4.91. The monoisotopic (exact) mass is 407 g/mol. The third kappa shape index (κ3) is 3.94. The molecule has 1 saturated heterocycles. The fourth-order valence-electron chi connectivity index (χ4n) is 3.90. The number of para-hydroxylation sites is 1. The molecule has 0 N–H and O–H groups in total. The molecule has 4 rings (SSSR count). The number of aryl methyl sites for hydroxylation is 2. The number of hydrogen-bond acceptors (Lipinski definition) is 4. The second kappa shape index (κ2) is 8.03. The van der Waals surface area contributed by atoms with Crippen molar-refractivity contribution in [3.8, 4) is 5.69 Å². The van der Waals surface area contributed by atoms with Crippen LogP contribution in [0.15, 0.2) is 52.4 Å². The first-order valence-corrected chi connectivity index (χ1v) is 10.9. The van der Waals surface area contributed by atoms with Gasteiger partial charge >= 0.3 is 0 Å². The Bertz CT molecular complexity index is 1110. The van der Waals surface area contributed by atoms with E-state index < -0.39 is 0 Å². The van der Waals surface area contributed by atoms with Crippen molar-refractivity contribution in [1.29, 1.82) is 0 Å². The molecule has 2 heterocycles. The van der Waals surface area contributed by atoms with Gasteiger partial charge in [0.2, 0.25) is 5.91 Å². The van der Waals surface area contributed by atoms with E-state index in [0.717, 1.165) is 42.7 Å². The highest BCUT2D eigenvalue weighted by atomic mass is 32.2. The lowest BCUT2D eigenvalue weighted by molar-refractivity contribution is -0.129. The highest BCUT2D eigenvalue weighted by Gasteiger charge is 2.26. The lowest BCUT2D eigenvalue weighted by atomic mass is 10.1. The van der Waals surface area contributed by atoms with Crippen LogP contribution in [0.5, 0.6) is 0 Å². The Labute approximate surface area is 174 Å². The first-order chi connectivity index (χ1) is 13.9. The van der Waals surface area contributed by atoms with Crippen LogP contribution in [0.25, 0.3) is 16.6 Å². The Morgan fingerprint density at radius 2 is 1.72 bits per heavy atom. The number of rotatable bonds is 4. The van der Waals surface area contributed by atoms with Crippen LogP contribution in [0, 0.1) is 13.8 Å². The van der Waals surface area contributed by atoms with Gasteiger partial charge in [-0.2, -0.15) is 0 Å². The van der Waals surface area contributed by atoms with E-state index in [9.17, 15) is 9.59 Å². The van der Waals surface area contributed by atoms with Crippen molar-refractivity contribution >= 4 is 28.6 Å². The average Bonchev–Trinajstić information content (AvgIpc) is 3.21. The number of carbonyl (C=O) groups excluding carboxylic acids is 1. The predicted molar refractivity (Wildman–Crippen MR) is 118 cm³/mol. The zero-order valence-electron chi connectivity index (χ0n) is 17.0. The molecular weight excluding hydrogens is 382 g/mol. The average molecular weight is 408 g/mol. The van der Waals surface area contributed by atoms with Crippen molar-refractivity contribution in [2.75, 3.05) is 13.1 Å². The zero-order chi connectivity index (χ0) is 20.5. The SMILES string of the molecule is Cc1cc(C)cc(-n2c(S[C@H](C)C(=O)N3CCCC3)nc3ccccc3c2=O)c1. The lowest BCUT2D eigenvalue weighted by Gasteiger charge is -2.21. The van der Waals surface area contributed by atoms with Gasteiger partial charge in [0, 0.05) is 13.1 Å². The van der Waals surface area contributed by atoms with E-state index in [4.69, 9.17) is 4.98 Å². The number of hydrogen-bond donors (Lipinski definition) is 0. The van der Waals surface area contributed by atoms with E-state index >= 15 is 0 Å². The summed E-state index contributed by atoms with van der Waals surface area (Å²) in [5, 5.41) is 0.826. The summed E-state index contributed by atoms with van der Waals surface area (Å²) in [6.45, 7) is 7.57. The van der Waals surface area contributed by atoms with E-state index in [0.29, 0.717) is 16.1 Å². The normalized spacial score (nSPS) is 15.1. The third-order valence-electron chi connectivity index (χ3n) is 5.26. The van der Waals surface area contributed by atoms with E-state index in [1.807, 2.05) is 56.0 Å². The number of amides is 1. The van der Waals surface area contributed by atoms with Crippen LogP contribution >= 0.6 is 11.8 Å². The fraction of sp³-hybridized carbons (Fsp3) is 0.348. The molecule has 0 spiro atoms. The maximum absolute atomic E-state index is 13.4. The molecule has 0 aliphatic carbocycles. The van der Waals surface area contributed by atoms with Gasteiger partial charge in [0.15, 0.2) is 5.16 Å². The molecule has 0 saturated carbocycles. The van der Waals surface area contributed by atoms with Crippen LogP contribution in [0.3, 0.4) is 0 Å². The maximum Gasteiger partial charge on any atom is 0.266 e. The number of thioether (sulfide) groups is 1. The van der Waals surface area contributed by atoms with Crippen molar-refractivity contribution in [2.45, 2.75) is 44.0 Å². The van der Waals surface area contributed by atoms with Crippen molar-refractivity contribution in [2.24, 2.45) is 0 Å². The first-order valence-electron chi connectivity index (χ1n) is 10.00. The standard InChI is InChI=1S/C23H25N3O2S/c1-15-12-16(2)14-18(13-15)26-22(28)19-8-4-5-9-20(19)24-23(26)29-17(3)21(27)25-10-6-7-11-25/h4-5,8-9,12-14,17H,6-7,10-11H2,1-3H3/t17-/m1/s1. The second-order valence-corrected chi connectivity index (χ2v) is 9.00. The van der Waals surface area contributed by atoms with E-state index in [2.05, 4.69) is 6.07 Å². The van der Waals surface area contributed by atoms with Gasteiger partial charge < -0.3 is 4.90 Å². The van der Waals surface area contributed by atoms with Gasteiger partial charge in [-0.3, -0.25) is 14.2 Å². The molecule has 1 fully saturated rings. The highest BCUT2D eigenvalue weighted by Crippen LogP contribution is 2.27. The zero-order valence-corrected chi connectivity index (χ0v) is 17.8. The predicted octanol–water partition coefficient (Wildman–Crippen LogP) is 4.11. The molecular formula is C23H25N3O2S. The van der Waals surface area contributed by atoms with Crippen molar-refractivity contribution in [1.82, 2.24) is 14.5 Å². The highest BCUT2D eigenvalue weighted by molar-refractivity contribution is 8.00. The van der Waals surface area contributed by atoms with Gasteiger partial charge in [0.1, 0.15) is 0 Å². The summed E-state index contributed by atoms with van der Waals surface area (Å²) >= 11 is 1.36. The van der Waals surface area contributed by atoms with Crippen LogP contribution in [0.1, 0.15) is 30.9 Å². The van der Waals surface area contributed by atoms with Crippen molar-refractivity contribution in [3.63, 3.8) is 0 Å². The molecule has 2 aromatic carbocycles. The number of nitrogens with zero attached hydrogens (tertiary/aromatic N) is 3. The summed E-state index contributed by atoms with van der Waals surface area (Å²) in [4.78, 5) is 32.9. The molecule has 29 heavy (non-hydrogen) atoms. The number of benzene rings is 2. The summed E-state index contributed by atoms with van der Waals surface area (Å²) in [5.74, 6) is 0.113. The van der Waals surface area contributed by atoms with E-state index in [1.165, 1.54) is 11.8 Å². The minimum atomic E-state index is -0.307. The molecule has 1 aromatic heterocycles. The largest absolute Gasteiger partial charge is 0.342 e. The quantitative estimate of drug-likeness (QED) is 0.483. The summed E-state index contributed by atoms with van der Waals surface area (Å²) in [5.41, 5.74) is 3.49. The number of likely N-dealkylation sites (tertiary alicyclic amines) is 1. The first kappa shape index (κ1) is 19.7. The van der Waals surface area contributed by atoms with Gasteiger partial charge in [-0.1, -0.05) is 30.0 Å². The molecule has 0 radical (unpaired) electrons. The maximum atomic E-state index is 13.4. The van der Waals surface area contributed by atoms with Crippen molar-refractivity contribution in [3.05, 3.63) is 63.9 Å². The lowest BCUT2D eigenvalue weighted by Crippen LogP contribution is -2.34. The van der Waals surface area contributed by atoms with Gasteiger partial charge in [-0.25, -0.2) is 4.98 Å². The molecule has 5 nitrogen and oxygen atoms in total. The Morgan fingerprint density at radius 1 is 1.07 bits per heavy atom. The van der Waals surface area contributed by atoms with E-state index in [-0.39, 0.29) is 16.7 Å². The third-order valence-corrected chi connectivity index (χ3v) is 6.30. The Balaban J connectivity index is 1.83. The summed E-state index contributed by atoms with van der Waals surface area (Å²) in [6, 6.07) is 13.4. The minimum absolute atomic E-state index is 0.107. The summed E-state index contributed by atoms with van der Waals surface area (Å²) < 4.78 is 1.65. The summed E-state index contributed by atoms with van der Waals surface area (Å²) in [6.07, 6.45) is 2.12. The Morgan fingerprint density at radius 3 is 2.41 bits per heavy atom. The number of fused-ring (bicyclic) bond motifs is 1. The molecule has 0 bridgehead atoms. The Hall–Kier alpha value is -2.60. The van der Waals surface area contributed by atoms with Gasteiger partial charge in [-0.15, -0.1) is 0 Å². The molecule has 1 aliphatic heterocycles. The topological polar surface area (TPSA) is 55.2 Å². The van der Waals surface area contributed by atoms with Crippen molar-refractivity contribution < 1.29 is 4.79 Å². The molecule has 1 amide bonds. The van der Waals surface area contributed by atoms with Crippen LogP contribution in [-0.2, 0) is 4.79 Å². The molecule has 1 atom stereocenters. The van der Waals surface area contributed by atoms with Gasteiger partial charge in [0.25, 0.3) is 5.56 Å². The number of aromatic nitrogens is 2. The second-order valence-electron chi connectivity index (χ2n) is 7.69. The van der Waals surface area contributed by atoms with Gasteiger partial charge in [-0.05, 0) is 69.0 Å². The molecule has 150 valence electrons. The van der Waals surface area contributed by atoms with Crippen LogP contribution in [0.2, 0.25) is 0 Å². The molecule has 1 aliphatic rings.